The first-order valence-electron chi connectivity index (χ1n) is 13.5. The van der Waals surface area contributed by atoms with Crippen molar-refractivity contribution in [3.8, 4) is 33.4 Å². The highest BCUT2D eigenvalue weighted by Gasteiger charge is 2.14. The zero-order valence-corrected chi connectivity index (χ0v) is 23.7. The standard InChI is InChI=1S/C37H28S2/c1-3-11-30-32-19-9-17-28(36(32)38-34(30)4-2)26-14-7-12-24(22-26)25-13-8-15-27(23-25)29-18-10-20-33-31-16-5-6-21-35(31)39-37(29)33/h3,5-23H,4H2,1-2H3/b11-3-. The molecule has 0 saturated heterocycles. The van der Waals surface area contributed by atoms with E-state index >= 15 is 0 Å². The maximum absolute atomic E-state index is 2.36. The number of hydrogen-bond acceptors (Lipinski definition) is 2. The van der Waals surface area contributed by atoms with E-state index in [4.69, 9.17) is 0 Å². The molecule has 0 amide bonds. The van der Waals surface area contributed by atoms with Crippen LogP contribution in [0.15, 0.2) is 115 Å². The third-order valence-electron chi connectivity index (χ3n) is 7.57. The zero-order chi connectivity index (χ0) is 26.3. The second kappa shape index (κ2) is 9.96. The molecule has 2 heterocycles. The van der Waals surface area contributed by atoms with E-state index in [0.717, 1.165) is 6.42 Å². The van der Waals surface area contributed by atoms with Gasteiger partial charge in [0.2, 0.25) is 0 Å². The van der Waals surface area contributed by atoms with Crippen molar-refractivity contribution in [1.29, 1.82) is 0 Å². The molecule has 0 aliphatic carbocycles. The van der Waals surface area contributed by atoms with Crippen LogP contribution in [-0.2, 0) is 6.42 Å². The van der Waals surface area contributed by atoms with Crippen molar-refractivity contribution < 1.29 is 0 Å². The van der Waals surface area contributed by atoms with E-state index in [9.17, 15) is 0 Å². The van der Waals surface area contributed by atoms with Gasteiger partial charge in [0.15, 0.2) is 0 Å². The lowest BCUT2D eigenvalue weighted by Crippen LogP contribution is -1.84. The Morgan fingerprint density at radius 2 is 1.13 bits per heavy atom. The van der Waals surface area contributed by atoms with Gasteiger partial charge in [-0.25, -0.2) is 0 Å². The van der Waals surface area contributed by atoms with Gasteiger partial charge in [-0.05, 0) is 70.5 Å². The normalized spacial score (nSPS) is 11.8. The summed E-state index contributed by atoms with van der Waals surface area (Å²) in [7, 11) is 0. The fraction of sp³-hybridized carbons (Fsp3) is 0.0811. The smallest absolute Gasteiger partial charge is 0.0433 e. The summed E-state index contributed by atoms with van der Waals surface area (Å²) in [6.45, 7) is 4.36. The summed E-state index contributed by atoms with van der Waals surface area (Å²) in [5.41, 5.74) is 9.02. The first-order chi connectivity index (χ1) is 19.2. The number of aryl methyl sites for hydroxylation is 1. The second-order valence-corrected chi connectivity index (χ2v) is 12.1. The minimum atomic E-state index is 1.05. The minimum Gasteiger partial charge on any atom is -0.139 e. The summed E-state index contributed by atoms with van der Waals surface area (Å²) in [5.74, 6) is 0. The molecular formula is C37H28S2. The molecular weight excluding hydrogens is 509 g/mol. The molecule has 39 heavy (non-hydrogen) atoms. The molecule has 0 radical (unpaired) electrons. The lowest BCUT2D eigenvalue weighted by atomic mass is 9.95. The first-order valence-corrected chi connectivity index (χ1v) is 15.2. The fourth-order valence-corrected chi connectivity index (χ4v) is 8.23. The molecule has 2 aromatic heterocycles. The Morgan fingerprint density at radius 1 is 0.564 bits per heavy atom. The third kappa shape index (κ3) is 4.12. The molecule has 0 atom stereocenters. The van der Waals surface area contributed by atoms with Crippen LogP contribution in [0.1, 0.15) is 24.3 Å². The molecule has 7 rings (SSSR count). The molecule has 0 aliphatic rings. The van der Waals surface area contributed by atoms with Crippen LogP contribution in [0.2, 0.25) is 0 Å². The summed E-state index contributed by atoms with van der Waals surface area (Å²) in [6, 6.07) is 40.2. The third-order valence-corrected chi connectivity index (χ3v) is 10.2. The Bertz CT molecular complexity index is 2020. The molecule has 2 heteroatoms. The fourth-order valence-electron chi connectivity index (χ4n) is 5.73. The second-order valence-electron chi connectivity index (χ2n) is 9.92. The van der Waals surface area contributed by atoms with Gasteiger partial charge in [0.1, 0.15) is 0 Å². The topological polar surface area (TPSA) is 0 Å². The molecule has 0 spiro atoms. The molecule has 0 nitrogen and oxygen atoms in total. The zero-order valence-electron chi connectivity index (χ0n) is 22.1. The molecule has 7 aromatic rings. The summed E-state index contributed by atoms with van der Waals surface area (Å²) in [4.78, 5) is 1.45. The Labute approximate surface area is 237 Å². The average molecular weight is 537 g/mol. The van der Waals surface area contributed by atoms with E-state index in [2.05, 4.69) is 135 Å². The molecule has 0 fully saturated rings. The largest absolute Gasteiger partial charge is 0.139 e. The molecule has 0 saturated carbocycles. The quantitative estimate of drug-likeness (QED) is 0.205. The highest BCUT2D eigenvalue weighted by atomic mass is 32.1. The Hall–Kier alpha value is -3.98. The number of thiophene rings is 2. The Balaban J connectivity index is 1.33. The van der Waals surface area contributed by atoms with E-state index in [1.54, 1.807) is 0 Å². The van der Waals surface area contributed by atoms with Crippen molar-refractivity contribution in [2.75, 3.05) is 0 Å². The van der Waals surface area contributed by atoms with E-state index in [-0.39, 0.29) is 0 Å². The van der Waals surface area contributed by atoms with E-state index in [1.807, 2.05) is 22.7 Å². The SMILES string of the molecule is C/C=C\c1c(CC)sc2c(-c3cccc(-c4cccc(-c5cccc6c5sc5ccccc56)c4)c3)cccc12. The van der Waals surface area contributed by atoms with Crippen molar-refractivity contribution in [3.05, 3.63) is 126 Å². The molecule has 0 bridgehead atoms. The number of benzene rings is 5. The van der Waals surface area contributed by atoms with Crippen LogP contribution in [0.25, 0.3) is 69.7 Å². The lowest BCUT2D eigenvalue weighted by Gasteiger charge is -2.10. The maximum Gasteiger partial charge on any atom is 0.0433 e. The first kappa shape index (κ1) is 24.1. The maximum atomic E-state index is 2.36. The molecule has 0 unspecified atom stereocenters. The van der Waals surface area contributed by atoms with Gasteiger partial charge in [0, 0.05) is 35.1 Å². The highest BCUT2D eigenvalue weighted by molar-refractivity contribution is 7.26. The lowest BCUT2D eigenvalue weighted by molar-refractivity contribution is 1.18. The van der Waals surface area contributed by atoms with Crippen LogP contribution in [0.4, 0.5) is 0 Å². The van der Waals surface area contributed by atoms with Crippen LogP contribution >= 0.6 is 22.7 Å². The highest BCUT2D eigenvalue weighted by Crippen LogP contribution is 2.42. The van der Waals surface area contributed by atoms with E-state index in [0.29, 0.717) is 0 Å². The summed E-state index contributed by atoms with van der Waals surface area (Å²) >= 11 is 3.83. The Kier molecular flexibility index (Phi) is 6.15. The average Bonchev–Trinajstić information content (AvgIpc) is 3.55. The van der Waals surface area contributed by atoms with Gasteiger partial charge < -0.3 is 0 Å². The van der Waals surface area contributed by atoms with Crippen molar-refractivity contribution in [3.63, 3.8) is 0 Å². The van der Waals surface area contributed by atoms with Crippen molar-refractivity contribution in [1.82, 2.24) is 0 Å². The van der Waals surface area contributed by atoms with Gasteiger partial charge in [-0.2, -0.15) is 0 Å². The van der Waals surface area contributed by atoms with Crippen molar-refractivity contribution >= 4 is 59.0 Å². The van der Waals surface area contributed by atoms with Crippen LogP contribution in [-0.4, -0.2) is 0 Å². The summed E-state index contributed by atoms with van der Waals surface area (Å²) < 4.78 is 4.08. The van der Waals surface area contributed by atoms with Crippen LogP contribution in [0.3, 0.4) is 0 Å². The molecule has 0 aliphatic heterocycles. The number of hydrogen-bond donors (Lipinski definition) is 0. The predicted octanol–water partition coefficient (Wildman–Crippen LogP) is 11.9. The minimum absolute atomic E-state index is 1.05. The van der Waals surface area contributed by atoms with Crippen molar-refractivity contribution in [2.45, 2.75) is 20.3 Å². The number of allylic oxidation sites excluding steroid dienone is 1. The summed E-state index contributed by atoms with van der Waals surface area (Å²) in [5, 5.41) is 4.04. The molecule has 5 aromatic carbocycles. The van der Waals surface area contributed by atoms with Gasteiger partial charge >= 0.3 is 0 Å². The van der Waals surface area contributed by atoms with E-state index in [1.165, 1.54) is 74.1 Å². The predicted molar refractivity (Wildman–Crippen MR) is 175 cm³/mol. The Morgan fingerprint density at radius 3 is 1.79 bits per heavy atom. The van der Waals surface area contributed by atoms with Gasteiger partial charge in [-0.3, -0.25) is 0 Å². The van der Waals surface area contributed by atoms with Gasteiger partial charge in [0.25, 0.3) is 0 Å². The molecule has 0 N–H and O–H groups in total. The number of fused-ring (bicyclic) bond motifs is 4. The van der Waals surface area contributed by atoms with Crippen molar-refractivity contribution in [2.24, 2.45) is 0 Å². The summed E-state index contributed by atoms with van der Waals surface area (Å²) in [6.07, 6.45) is 5.47. The monoisotopic (exact) mass is 536 g/mol. The van der Waals surface area contributed by atoms with Gasteiger partial charge in [0.05, 0.1) is 0 Å². The number of rotatable bonds is 5. The van der Waals surface area contributed by atoms with Crippen LogP contribution in [0, 0.1) is 0 Å². The van der Waals surface area contributed by atoms with Crippen LogP contribution < -0.4 is 0 Å². The van der Waals surface area contributed by atoms with Crippen LogP contribution in [0.5, 0.6) is 0 Å². The van der Waals surface area contributed by atoms with Gasteiger partial charge in [-0.15, -0.1) is 22.7 Å². The van der Waals surface area contributed by atoms with Gasteiger partial charge in [-0.1, -0.05) is 110 Å². The van der Waals surface area contributed by atoms with E-state index < -0.39 is 0 Å². The molecule has 188 valence electrons.